The quantitative estimate of drug-likeness (QED) is 0.681. The second-order valence-electron chi connectivity index (χ2n) is 2.79. The lowest BCUT2D eigenvalue weighted by Crippen LogP contribution is -1.95. The molecule has 1 aromatic rings. The molecule has 1 aromatic carbocycles. The molecule has 0 nitrogen and oxygen atoms in total. The molecular weight excluding hydrogens is 177 g/mol. The third kappa shape index (κ3) is 2.02. The average molecular weight is 187 g/mol. The maximum atomic E-state index is 12.3. The molecule has 0 aliphatic rings. The van der Waals surface area contributed by atoms with Crippen LogP contribution in [0.25, 0.3) is 0 Å². The van der Waals surface area contributed by atoms with Crippen molar-refractivity contribution >= 4 is 0 Å². The Hall–Kier alpha value is -0.990. The summed E-state index contributed by atoms with van der Waals surface area (Å²) >= 11 is 0. The number of rotatable bonds is 3. The summed E-state index contributed by atoms with van der Waals surface area (Å²) in [6, 6.07) is 2.72. The molecule has 71 valence electrons. The largest absolute Gasteiger partial charge is 0.246 e. The van der Waals surface area contributed by atoms with Crippen molar-refractivity contribution in [3.05, 3.63) is 41.3 Å². The number of alkyl halides is 3. The summed E-state index contributed by atoms with van der Waals surface area (Å²) in [7, 11) is 0. The Labute approximate surface area is 75.4 Å². The fourth-order valence-corrected chi connectivity index (χ4v) is 1.16. The lowest BCUT2D eigenvalue weighted by atomic mass is 10.0. The van der Waals surface area contributed by atoms with Gasteiger partial charge in [-0.2, -0.15) is 0 Å². The first-order valence-electron chi connectivity index (χ1n) is 3.87. The standard InChI is InChI=1S/C10H10F3/c1-7-2-9(5-12)10(6-13)3-8(7)4-11/h2-3H,1,4-6H2. The molecule has 0 unspecified atom stereocenters. The van der Waals surface area contributed by atoms with Crippen molar-refractivity contribution < 1.29 is 13.2 Å². The second kappa shape index (κ2) is 4.30. The SMILES string of the molecule is [CH2]c1cc(CF)c(CF)cc1CF. The van der Waals surface area contributed by atoms with Crippen LogP contribution < -0.4 is 0 Å². The fourth-order valence-electron chi connectivity index (χ4n) is 1.16. The Morgan fingerprint density at radius 1 is 0.846 bits per heavy atom. The third-order valence-corrected chi connectivity index (χ3v) is 1.95. The van der Waals surface area contributed by atoms with Crippen LogP contribution in [0.1, 0.15) is 22.3 Å². The van der Waals surface area contributed by atoms with Crippen molar-refractivity contribution in [2.45, 2.75) is 20.0 Å². The highest BCUT2D eigenvalue weighted by atomic mass is 19.1. The Bertz CT molecular complexity index is 294. The highest BCUT2D eigenvalue weighted by molar-refractivity contribution is 5.39. The molecule has 0 bridgehead atoms. The van der Waals surface area contributed by atoms with Gasteiger partial charge in [-0.15, -0.1) is 0 Å². The summed E-state index contributed by atoms with van der Waals surface area (Å²) in [5.74, 6) is 0. The van der Waals surface area contributed by atoms with E-state index in [9.17, 15) is 13.2 Å². The zero-order chi connectivity index (χ0) is 9.84. The van der Waals surface area contributed by atoms with Crippen molar-refractivity contribution in [3.8, 4) is 0 Å². The molecule has 0 N–H and O–H groups in total. The van der Waals surface area contributed by atoms with Crippen molar-refractivity contribution in [1.82, 2.24) is 0 Å². The van der Waals surface area contributed by atoms with Gasteiger partial charge in [0.2, 0.25) is 0 Å². The molecule has 0 aliphatic heterocycles. The molecule has 0 saturated heterocycles. The van der Waals surface area contributed by atoms with Gasteiger partial charge in [-0.3, -0.25) is 0 Å². The first-order valence-corrected chi connectivity index (χ1v) is 3.87. The molecular formula is C10H10F3. The van der Waals surface area contributed by atoms with Crippen LogP contribution in [0.2, 0.25) is 0 Å². The second-order valence-corrected chi connectivity index (χ2v) is 2.79. The summed E-state index contributed by atoms with van der Waals surface area (Å²) in [6.07, 6.45) is 0. The van der Waals surface area contributed by atoms with Crippen molar-refractivity contribution in [2.24, 2.45) is 0 Å². The molecule has 0 atom stereocenters. The van der Waals surface area contributed by atoms with Gasteiger partial charge < -0.3 is 0 Å². The first kappa shape index (κ1) is 10.1. The van der Waals surface area contributed by atoms with Gasteiger partial charge in [0.25, 0.3) is 0 Å². The Morgan fingerprint density at radius 2 is 1.31 bits per heavy atom. The number of hydrogen-bond donors (Lipinski definition) is 0. The van der Waals surface area contributed by atoms with E-state index in [0.717, 1.165) is 0 Å². The topological polar surface area (TPSA) is 0 Å². The van der Waals surface area contributed by atoms with Crippen LogP contribution in [0, 0.1) is 6.92 Å². The Balaban J connectivity index is 3.18. The number of hydrogen-bond acceptors (Lipinski definition) is 0. The van der Waals surface area contributed by atoms with Gasteiger partial charge in [0.15, 0.2) is 0 Å². The van der Waals surface area contributed by atoms with Gasteiger partial charge in [0.05, 0.1) is 0 Å². The van der Waals surface area contributed by atoms with Crippen molar-refractivity contribution in [1.29, 1.82) is 0 Å². The molecule has 1 radical (unpaired) electrons. The van der Waals surface area contributed by atoms with E-state index < -0.39 is 20.0 Å². The average Bonchev–Trinajstić information content (AvgIpc) is 2.17. The monoisotopic (exact) mass is 187 g/mol. The van der Waals surface area contributed by atoms with Crippen molar-refractivity contribution in [2.75, 3.05) is 0 Å². The lowest BCUT2D eigenvalue weighted by Gasteiger charge is -2.07. The molecule has 0 amide bonds. The molecule has 0 aliphatic carbocycles. The maximum absolute atomic E-state index is 12.3. The summed E-state index contributed by atoms with van der Waals surface area (Å²) in [5, 5.41) is 0. The van der Waals surface area contributed by atoms with E-state index in [1.54, 1.807) is 0 Å². The maximum Gasteiger partial charge on any atom is 0.115 e. The zero-order valence-corrected chi connectivity index (χ0v) is 7.12. The molecule has 13 heavy (non-hydrogen) atoms. The Morgan fingerprint density at radius 3 is 1.77 bits per heavy atom. The van der Waals surface area contributed by atoms with Crippen LogP contribution in [-0.2, 0) is 20.0 Å². The minimum absolute atomic E-state index is 0.211. The lowest BCUT2D eigenvalue weighted by molar-refractivity contribution is 0.450. The first-order chi connectivity index (χ1) is 6.22. The van der Waals surface area contributed by atoms with Crippen LogP contribution in [-0.4, -0.2) is 0 Å². The van der Waals surface area contributed by atoms with Crippen LogP contribution in [0.3, 0.4) is 0 Å². The van der Waals surface area contributed by atoms with E-state index in [-0.39, 0.29) is 11.1 Å². The highest BCUT2D eigenvalue weighted by Gasteiger charge is 2.06. The van der Waals surface area contributed by atoms with Crippen LogP contribution in [0.15, 0.2) is 12.1 Å². The predicted molar refractivity (Wildman–Crippen MR) is 45.3 cm³/mol. The van der Waals surface area contributed by atoms with E-state index in [1.807, 2.05) is 0 Å². The van der Waals surface area contributed by atoms with E-state index >= 15 is 0 Å². The molecule has 1 rings (SSSR count). The number of benzene rings is 1. The normalized spacial score (nSPS) is 10.5. The van der Waals surface area contributed by atoms with Gasteiger partial charge in [-0.25, -0.2) is 13.2 Å². The van der Waals surface area contributed by atoms with Gasteiger partial charge >= 0.3 is 0 Å². The summed E-state index contributed by atoms with van der Waals surface area (Å²) < 4.78 is 36.9. The Kier molecular flexibility index (Phi) is 3.34. The van der Waals surface area contributed by atoms with Gasteiger partial charge in [-0.1, -0.05) is 6.07 Å². The van der Waals surface area contributed by atoms with Gasteiger partial charge in [0.1, 0.15) is 20.0 Å². The molecule has 0 fully saturated rings. The van der Waals surface area contributed by atoms with Crippen molar-refractivity contribution in [3.63, 3.8) is 0 Å². The van der Waals surface area contributed by atoms with Crippen LogP contribution in [0.4, 0.5) is 13.2 Å². The van der Waals surface area contributed by atoms with Crippen LogP contribution in [0.5, 0.6) is 0 Å². The molecule has 0 spiro atoms. The third-order valence-electron chi connectivity index (χ3n) is 1.95. The summed E-state index contributed by atoms with van der Waals surface area (Å²) in [4.78, 5) is 0. The number of halogens is 3. The highest BCUT2D eigenvalue weighted by Crippen LogP contribution is 2.19. The summed E-state index contributed by atoms with van der Waals surface area (Å²) in [5.41, 5.74) is 1.21. The minimum atomic E-state index is -0.771. The molecule has 0 saturated carbocycles. The smallest absolute Gasteiger partial charge is 0.115 e. The summed E-state index contributed by atoms with van der Waals surface area (Å²) in [6.45, 7) is 1.34. The molecule has 0 aromatic heterocycles. The van der Waals surface area contributed by atoms with E-state index in [1.165, 1.54) is 12.1 Å². The fraction of sp³-hybridized carbons (Fsp3) is 0.300. The zero-order valence-electron chi connectivity index (χ0n) is 7.12. The van der Waals surface area contributed by atoms with E-state index in [4.69, 9.17) is 0 Å². The van der Waals surface area contributed by atoms with Gasteiger partial charge in [-0.05, 0) is 35.2 Å². The minimum Gasteiger partial charge on any atom is -0.246 e. The van der Waals surface area contributed by atoms with E-state index in [0.29, 0.717) is 11.1 Å². The van der Waals surface area contributed by atoms with Crippen LogP contribution >= 0.6 is 0 Å². The molecule has 0 heterocycles. The van der Waals surface area contributed by atoms with Gasteiger partial charge in [0, 0.05) is 0 Å². The van der Waals surface area contributed by atoms with E-state index in [2.05, 4.69) is 6.92 Å². The predicted octanol–water partition coefficient (Wildman–Crippen LogP) is 3.28. The molecule has 3 heteroatoms.